The number of carbonyl (C=O) groups excluding carboxylic acids is 2. The molecule has 2 aliphatic heterocycles. The van der Waals surface area contributed by atoms with Crippen molar-refractivity contribution in [2.45, 2.75) is 6.04 Å². The first kappa shape index (κ1) is 20.9. The standard InChI is InChI=1S/C28H28N4O2/c1-29-25-10-6-5-9-23(25)24-17-21(11-12-26(24)29)28(34)32-18-22(19-32)30-13-15-31(16-14-30)27(33)20-7-3-2-4-8-20/h2-12,17,22H,13-16,18-19H2,1H3. The second-order valence-corrected chi connectivity index (χ2v) is 9.37. The highest BCUT2D eigenvalue weighted by molar-refractivity contribution is 6.10. The van der Waals surface area contributed by atoms with Gasteiger partial charge in [0.15, 0.2) is 0 Å². The summed E-state index contributed by atoms with van der Waals surface area (Å²) in [4.78, 5) is 32.2. The van der Waals surface area contributed by atoms with E-state index in [0.29, 0.717) is 6.04 Å². The van der Waals surface area contributed by atoms with Gasteiger partial charge in [0.1, 0.15) is 0 Å². The number of amides is 2. The normalized spacial score (nSPS) is 17.3. The Kier molecular flexibility index (Phi) is 5.11. The Hall–Kier alpha value is -3.64. The highest BCUT2D eigenvalue weighted by atomic mass is 16.2. The fraction of sp³-hybridized carbons (Fsp3) is 0.286. The summed E-state index contributed by atoms with van der Waals surface area (Å²) in [6.45, 7) is 4.67. The van der Waals surface area contributed by atoms with Crippen LogP contribution in [-0.4, -0.2) is 76.4 Å². The minimum atomic E-state index is 0.101. The van der Waals surface area contributed by atoms with Gasteiger partial charge < -0.3 is 14.4 Å². The lowest BCUT2D eigenvalue weighted by molar-refractivity contribution is 0.00854. The van der Waals surface area contributed by atoms with Crippen LogP contribution in [0.2, 0.25) is 0 Å². The zero-order chi connectivity index (χ0) is 23.2. The molecule has 34 heavy (non-hydrogen) atoms. The van der Waals surface area contributed by atoms with Crippen LogP contribution < -0.4 is 0 Å². The van der Waals surface area contributed by atoms with E-state index in [0.717, 1.165) is 61.3 Å². The summed E-state index contributed by atoms with van der Waals surface area (Å²) < 4.78 is 2.18. The Labute approximate surface area is 199 Å². The summed E-state index contributed by atoms with van der Waals surface area (Å²) >= 11 is 0. The molecular formula is C28H28N4O2. The van der Waals surface area contributed by atoms with E-state index in [1.165, 1.54) is 10.9 Å². The third-order valence-electron chi connectivity index (χ3n) is 7.45. The monoisotopic (exact) mass is 452 g/mol. The molecule has 6 heteroatoms. The van der Waals surface area contributed by atoms with Crippen molar-refractivity contribution >= 4 is 33.6 Å². The molecule has 0 aliphatic carbocycles. The first-order valence-electron chi connectivity index (χ1n) is 11.9. The van der Waals surface area contributed by atoms with Crippen molar-refractivity contribution in [3.8, 4) is 0 Å². The lowest BCUT2D eigenvalue weighted by Crippen LogP contribution is -2.64. The minimum Gasteiger partial charge on any atom is -0.344 e. The first-order chi connectivity index (χ1) is 16.6. The molecule has 3 heterocycles. The lowest BCUT2D eigenvalue weighted by Gasteiger charge is -2.48. The molecular weight excluding hydrogens is 424 g/mol. The Morgan fingerprint density at radius 3 is 2.09 bits per heavy atom. The maximum Gasteiger partial charge on any atom is 0.253 e. The number of aromatic nitrogens is 1. The van der Waals surface area contributed by atoms with E-state index >= 15 is 0 Å². The number of likely N-dealkylation sites (tertiary alicyclic amines) is 1. The topological polar surface area (TPSA) is 48.8 Å². The van der Waals surface area contributed by atoms with Gasteiger partial charge in [0.2, 0.25) is 0 Å². The van der Waals surface area contributed by atoms with Crippen LogP contribution in [0.4, 0.5) is 0 Å². The van der Waals surface area contributed by atoms with E-state index in [1.807, 2.05) is 64.4 Å². The second-order valence-electron chi connectivity index (χ2n) is 9.37. The van der Waals surface area contributed by atoms with Crippen molar-refractivity contribution in [2.75, 3.05) is 39.3 Å². The van der Waals surface area contributed by atoms with Crippen molar-refractivity contribution < 1.29 is 9.59 Å². The summed E-state index contributed by atoms with van der Waals surface area (Å²) in [5.41, 5.74) is 3.82. The molecule has 1 aromatic heterocycles. The summed E-state index contributed by atoms with van der Waals surface area (Å²) in [7, 11) is 2.07. The molecule has 0 radical (unpaired) electrons. The average Bonchev–Trinajstić information content (AvgIpc) is 3.15. The smallest absolute Gasteiger partial charge is 0.253 e. The molecule has 2 saturated heterocycles. The fourth-order valence-electron chi connectivity index (χ4n) is 5.39. The van der Waals surface area contributed by atoms with Crippen molar-refractivity contribution in [2.24, 2.45) is 7.05 Å². The van der Waals surface area contributed by atoms with E-state index < -0.39 is 0 Å². The number of aryl methyl sites for hydroxylation is 1. The van der Waals surface area contributed by atoms with E-state index in [4.69, 9.17) is 0 Å². The Morgan fingerprint density at radius 2 is 1.32 bits per heavy atom. The van der Waals surface area contributed by atoms with Gasteiger partial charge in [-0.3, -0.25) is 14.5 Å². The molecule has 6 rings (SSSR count). The van der Waals surface area contributed by atoms with Crippen LogP contribution in [0.5, 0.6) is 0 Å². The van der Waals surface area contributed by atoms with Crippen molar-refractivity contribution in [1.29, 1.82) is 0 Å². The molecule has 2 fully saturated rings. The van der Waals surface area contributed by atoms with Crippen LogP contribution in [0.15, 0.2) is 72.8 Å². The van der Waals surface area contributed by atoms with Crippen molar-refractivity contribution in [3.63, 3.8) is 0 Å². The third-order valence-corrected chi connectivity index (χ3v) is 7.45. The Bertz CT molecular complexity index is 1380. The van der Waals surface area contributed by atoms with Gasteiger partial charge in [0, 0.05) is 85.3 Å². The first-order valence-corrected chi connectivity index (χ1v) is 11.9. The maximum absolute atomic E-state index is 13.2. The van der Waals surface area contributed by atoms with Crippen LogP contribution in [0.25, 0.3) is 21.8 Å². The maximum atomic E-state index is 13.2. The lowest BCUT2D eigenvalue weighted by atomic mass is 10.0. The van der Waals surface area contributed by atoms with Gasteiger partial charge in [-0.25, -0.2) is 0 Å². The second kappa shape index (κ2) is 8.29. The number of nitrogens with zero attached hydrogens (tertiary/aromatic N) is 4. The van der Waals surface area contributed by atoms with Gasteiger partial charge in [0.05, 0.1) is 0 Å². The van der Waals surface area contributed by atoms with Gasteiger partial charge in [-0.15, -0.1) is 0 Å². The SMILES string of the molecule is Cn1c2ccccc2c2cc(C(=O)N3CC(N4CCN(C(=O)c5ccccc5)CC4)C3)ccc21. The Balaban J connectivity index is 1.09. The number of para-hydroxylation sites is 1. The molecule has 0 unspecified atom stereocenters. The van der Waals surface area contributed by atoms with E-state index in [2.05, 4.69) is 34.7 Å². The predicted octanol–water partition coefficient (Wildman–Crippen LogP) is 3.61. The molecule has 4 aromatic rings. The zero-order valence-corrected chi connectivity index (χ0v) is 19.4. The average molecular weight is 453 g/mol. The van der Waals surface area contributed by atoms with Gasteiger partial charge in [0.25, 0.3) is 11.8 Å². The van der Waals surface area contributed by atoms with Crippen LogP contribution in [-0.2, 0) is 7.05 Å². The summed E-state index contributed by atoms with van der Waals surface area (Å²) in [5.74, 6) is 0.207. The van der Waals surface area contributed by atoms with Gasteiger partial charge in [-0.1, -0.05) is 36.4 Å². The number of hydrogen-bond acceptors (Lipinski definition) is 3. The number of carbonyl (C=O) groups is 2. The fourth-order valence-corrected chi connectivity index (χ4v) is 5.39. The number of hydrogen-bond donors (Lipinski definition) is 0. The van der Waals surface area contributed by atoms with Gasteiger partial charge >= 0.3 is 0 Å². The van der Waals surface area contributed by atoms with E-state index in [-0.39, 0.29) is 11.8 Å². The van der Waals surface area contributed by atoms with E-state index in [9.17, 15) is 9.59 Å². The minimum absolute atomic E-state index is 0.101. The number of rotatable bonds is 3. The quantitative estimate of drug-likeness (QED) is 0.477. The summed E-state index contributed by atoms with van der Waals surface area (Å²) in [6.07, 6.45) is 0. The number of fused-ring (bicyclic) bond motifs is 3. The highest BCUT2D eigenvalue weighted by Crippen LogP contribution is 2.29. The van der Waals surface area contributed by atoms with Crippen LogP contribution >= 0.6 is 0 Å². The predicted molar refractivity (Wildman–Crippen MR) is 134 cm³/mol. The van der Waals surface area contributed by atoms with Crippen molar-refractivity contribution in [1.82, 2.24) is 19.3 Å². The molecule has 172 valence electrons. The largest absolute Gasteiger partial charge is 0.344 e. The molecule has 6 nitrogen and oxygen atoms in total. The highest BCUT2D eigenvalue weighted by Gasteiger charge is 2.37. The summed E-state index contributed by atoms with van der Waals surface area (Å²) in [5, 5.41) is 2.30. The molecule has 3 aromatic carbocycles. The molecule has 0 atom stereocenters. The Morgan fingerprint density at radius 1 is 0.676 bits per heavy atom. The van der Waals surface area contributed by atoms with Crippen LogP contribution in [0.3, 0.4) is 0 Å². The summed E-state index contributed by atoms with van der Waals surface area (Å²) in [6, 6.07) is 24.2. The zero-order valence-electron chi connectivity index (χ0n) is 19.4. The van der Waals surface area contributed by atoms with Gasteiger partial charge in [-0.05, 0) is 36.4 Å². The van der Waals surface area contributed by atoms with Crippen LogP contribution in [0, 0.1) is 0 Å². The molecule has 2 aliphatic rings. The molecule has 0 spiro atoms. The molecule has 0 saturated carbocycles. The van der Waals surface area contributed by atoms with E-state index in [1.54, 1.807) is 0 Å². The van der Waals surface area contributed by atoms with Crippen molar-refractivity contribution in [3.05, 3.63) is 83.9 Å². The third kappa shape index (κ3) is 3.46. The molecule has 0 N–H and O–H groups in total. The van der Waals surface area contributed by atoms with Crippen LogP contribution in [0.1, 0.15) is 20.7 Å². The van der Waals surface area contributed by atoms with Gasteiger partial charge in [-0.2, -0.15) is 0 Å². The number of piperazine rings is 1. The number of benzene rings is 3. The molecule has 0 bridgehead atoms. The molecule has 2 amide bonds.